The maximum absolute atomic E-state index is 11.8. The third kappa shape index (κ3) is 3.19. The first kappa shape index (κ1) is 13.7. The van der Waals surface area contributed by atoms with Crippen molar-refractivity contribution in [1.82, 2.24) is 9.78 Å². The molecule has 1 aromatic carbocycles. The van der Waals surface area contributed by atoms with Gasteiger partial charge in [-0.3, -0.25) is 4.79 Å². The topological polar surface area (TPSA) is 90.1 Å². The van der Waals surface area contributed by atoms with Crippen LogP contribution in [0.1, 0.15) is 11.1 Å². The summed E-state index contributed by atoms with van der Waals surface area (Å²) in [5.74, 6) is -0.560. The van der Waals surface area contributed by atoms with Crippen molar-refractivity contribution in [2.75, 3.05) is 5.32 Å². The number of benzene rings is 1. The highest BCUT2D eigenvalue weighted by Gasteiger charge is 2.13. The van der Waals surface area contributed by atoms with Gasteiger partial charge in [-0.2, -0.15) is 4.68 Å². The van der Waals surface area contributed by atoms with Gasteiger partial charge < -0.3 is 15.4 Å². The highest BCUT2D eigenvalue weighted by molar-refractivity contribution is 5.90. The molecule has 1 N–H and O–H groups in total. The molecule has 0 aliphatic carbocycles. The van der Waals surface area contributed by atoms with Gasteiger partial charge in [0.05, 0.1) is 17.4 Å². The number of carbonyl (C=O) groups is 1. The Morgan fingerprint density at radius 2 is 2.10 bits per heavy atom. The molecular formula is C13H14N4O3. The van der Waals surface area contributed by atoms with E-state index in [1.807, 2.05) is 32.0 Å². The number of nitrogens with zero attached hydrogens (tertiary/aromatic N) is 3. The van der Waals surface area contributed by atoms with E-state index in [4.69, 9.17) is 0 Å². The van der Waals surface area contributed by atoms with Crippen molar-refractivity contribution in [2.45, 2.75) is 20.4 Å². The summed E-state index contributed by atoms with van der Waals surface area (Å²) in [6.45, 7) is 3.88. The molecular weight excluding hydrogens is 260 g/mol. The van der Waals surface area contributed by atoms with E-state index >= 15 is 0 Å². The molecule has 104 valence electrons. The van der Waals surface area contributed by atoms with Crippen molar-refractivity contribution in [2.24, 2.45) is 0 Å². The van der Waals surface area contributed by atoms with Crippen LogP contribution in [0.5, 0.6) is 0 Å². The second-order valence-electron chi connectivity index (χ2n) is 4.48. The molecule has 0 bridgehead atoms. The van der Waals surface area contributed by atoms with Gasteiger partial charge in [0.15, 0.2) is 0 Å². The van der Waals surface area contributed by atoms with Crippen molar-refractivity contribution in [3.63, 3.8) is 0 Å². The largest absolute Gasteiger partial charge is 0.389 e. The minimum Gasteiger partial charge on any atom is -0.358 e. The van der Waals surface area contributed by atoms with Crippen molar-refractivity contribution >= 4 is 17.4 Å². The fraction of sp³-hybridized carbons (Fsp3) is 0.231. The van der Waals surface area contributed by atoms with Gasteiger partial charge in [-0.1, -0.05) is 6.07 Å². The van der Waals surface area contributed by atoms with Crippen molar-refractivity contribution < 1.29 is 9.72 Å². The molecule has 0 saturated heterocycles. The molecule has 1 amide bonds. The normalized spacial score (nSPS) is 10.3. The van der Waals surface area contributed by atoms with Crippen molar-refractivity contribution in [1.29, 1.82) is 0 Å². The number of hydrogen-bond donors (Lipinski definition) is 1. The lowest BCUT2D eigenvalue weighted by atomic mass is 10.1. The molecule has 0 saturated carbocycles. The number of aryl methyl sites for hydroxylation is 2. The van der Waals surface area contributed by atoms with Crippen molar-refractivity contribution in [3.8, 4) is 0 Å². The van der Waals surface area contributed by atoms with E-state index in [2.05, 4.69) is 10.4 Å². The van der Waals surface area contributed by atoms with E-state index in [1.54, 1.807) is 0 Å². The van der Waals surface area contributed by atoms with E-state index in [1.165, 1.54) is 16.9 Å². The Kier molecular flexibility index (Phi) is 3.79. The first-order valence-electron chi connectivity index (χ1n) is 6.00. The molecule has 0 unspecified atom stereocenters. The van der Waals surface area contributed by atoms with E-state index in [9.17, 15) is 14.9 Å². The molecule has 0 aliphatic heterocycles. The minimum atomic E-state index is -0.599. The first-order valence-corrected chi connectivity index (χ1v) is 6.00. The maximum atomic E-state index is 11.8. The van der Waals surface area contributed by atoms with Crippen LogP contribution in [0, 0.1) is 24.0 Å². The smallest absolute Gasteiger partial charge is 0.358 e. The lowest BCUT2D eigenvalue weighted by molar-refractivity contribution is -0.389. The summed E-state index contributed by atoms with van der Waals surface area (Å²) in [5, 5.41) is 16.9. The third-order valence-electron chi connectivity index (χ3n) is 2.91. The number of aromatic nitrogens is 2. The van der Waals surface area contributed by atoms with E-state index in [0.29, 0.717) is 5.69 Å². The summed E-state index contributed by atoms with van der Waals surface area (Å²) in [5.41, 5.74) is 2.92. The van der Waals surface area contributed by atoms with E-state index < -0.39 is 4.92 Å². The van der Waals surface area contributed by atoms with Gasteiger partial charge >= 0.3 is 5.82 Å². The van der Waals surface area contributed by atoms with Crippen LogP contribution in [0.4, 0.5) is 11.5 Å². The minimum absolute atomic E-state index is 0.0687. The molecule has 0 radical (unpaired) electrons. The average Bonchev–Trinajstić information content (AvgIpc) is 2.82. The summed E-state index contributed by atoms with van der Waals surface area (Å²) >= 11 is 0. The van der Waals surface area contributed by atoms with Gasteiger partial charge in [0.25, 0.3) is 0 Å². The number of anilines is 1. The second kappa shape index (κ2) is 5.52. The summed E-state index contributed by atoms with van der Waals surface area (Å²) < 4.78 is 1.23. The Bertz CT molecular complexity index is 663. The molecule has 2 aromatic rings. The predicted molar refractivity (Wildman–Crippen MR) is 73.4 cm³/mol. The number of nitro groups is 1. The molecule has 0 spiro atoms. The van der Waals surface area contributed by atoms with Crippen LogP contribution in [0.2, 0.25) is 0 Å². The van der Waals surface area contributed by atoms with Crippen molar-refractivity contribution in [3.05, 3.63) is 51.7 Å². The Labute approximate surface area is 115 Å². The third-order valence-corrected chi connectivity index (χ3v) is 2.91. The molecule has 0 aliphatic rings. The van der Waals surface area contributed by atoms with Crippen LogP contribution in [0.25, 0.3) is 0 Å². The quantitative estimate of drug-likeness (QED) is 0.682. The zero-order valence-electron chi connectivity index (χ0n) is 11.2. The predicted octanol–water partition coefficient (Wildman–Crippen LogP) is 2.05. The molecule has 1 heterocycles. The molecule has 2 rings (SSSR count). The first-order chi connectivity index (χ1) is 9.45. The Hall–Kier alpha value is -2.70. The van der Waals surface area contributed by atoms with E-state index in [0.717, 1.165) is 11.1 Å². The van der Waals surface area contributed by atoms with Crippen LogP contribution in [0.3, 0.4) is 0 Å². The number of amides is 1. The zero-order chi connectivity index (χ0) is 14.7. The molecule has 0 atom stereocenters. The molecule has 7 nitrogen and oxygen atoms in total. The molecule has 1 aromatic heterocycles. The molecule has 20 heavy (non-hydrogen) atoms. The number of carbonyl (C=O) groups excluding carboxylic acids is 1. The lowest BCUT2D eigenvalue weighted by Gasteiger charge is -2.06. The summed E-state index contributed by atoms with van der Waals surface area (Å²) in [7, 11) is 0. The Morgan fingerprint density at radius 3 is 2.70 bits per heavy atom. The Morgan fingerprint density at radius 1 is 1.35 bits per heavy atom. The molecule has 0 fully saturated rings. The Balaban J connectivity index is 2.01. The zero-order valence-corrected chi connectivity index (χ0v) is 11.2. The summed E-state index contributed by atoms with van der Waals surface area (Å²) in [6, 6.07) is 6.86. The number of rotatable bonds is 4. The second-order valence-corrected chi connectivity index (χ2v) is 4.48. The van der Waals surface area contributed by atoms with Crippen LogP contribution >= 0.6 is 0 Å². The SMILES string of the molecule is Cc1ccc(NC(=O)Cn2ccc([N+](=O)[O-])n2)cc1C. The maximum Gasteiger partial charge on any atom is 0.389 e. The monoisotopic (exact) mass is 274 g/mol. The van der Waals surface area contributed by atoms with Crippen LogP contribution in [0.15, 0.2) is 30.5 Å². The van der Waals surface area contributed by atoms with Crippen LogP contribution in [-0.2, 0) is 11.3 Å². The van der Waals surface area contributed by atoms with Gasteiger partial charge in [-0.25, -0.2) is 0 Å². The molecule has 7 heteroatoms. The number of nitrogens with one attached hydrogen (secondary N) is 1. The van der Waals surface area contributed by atoms with Gasteiger partial charge in [0.2, 0.25) is 5.91 Å². The van der Waals surface area contributed by atoms with Gasteiger partial charge in [-0.05, 0) is 42.0 Å². The fourth-order valence-electron chi connectivity index (χ4n) is 1.70. The standard InChI is InChI=1S/C13H14N4O3/c1-9-3-4-11(7-10(9)2)14-13(18)8-16-6-5-12(15-16)17(19)20/h3-7H,8H2,1-2H3,(H,14,18). The van der Waals surface area contributed by atoms with Gasteiger partial charge in [-0.15, -0.1) is 0 Å². The summed E-state index contributed by atoms with van der Waals surface area (Å²) in [6.07, 6.45) is 1.40. The summed E-state index contributed by atoms with van der Waals surface area (Å²) in [4.78, 5) is 21.7. The number of hydrogen-bond acceptors (Lipinski definition) is 4. The van der Waals surface area contributed by atoms with E-state index in [-0.39, 0.29) is 18.3 Å². The van der Waals surface area contributed by atoms with Gasteiger partial charge in [0.1, 0.15) is 6.54 Å². The highest BCUT2D eigenvalue weighted by Crippen LogP contribution is 2.14. The van der Waals surface area contributed by atoms with Gasteiger partial charge in [0, 0.05) is 5.69 Å². The lowest BCUT2D eigenvalue weighted by Crippen LogP contribution is -2.19. The fourth-order valence-corrected chi connectivity index (χ4v) is 1.70. The highest BCUT2D eigenvalue weighted by atomic mass is 16.6. The van der Waals surface area contributed by atoms with Crippen LogP contribution < -0.4 is 5.32 Å². The average molecular weight is 274 g/mol. The van der Waals surface area contributed by atoms with Crippen LogP contribution in [-0.4, -0.2) is 20.6 Å².